The molecule has 0 unspecified atom stereocenters. The van der Waals surface area contributed by atoms with Gasteiger partial charge in [0.15, 0.2) is 0 Å². The van der Waals surface area contributed by atoms with Crippen LogP contribution in [0.3, 0.4) is 0 Å². The molecule has 1 saturated heterocycles. The van der Waals surface area contributed by atoms with Gasteiger partial charge in [-0.3, -0.25) is 14.5 Å². The van der Waals surface area contributed by atoms with Gasteiger partial charge in [0.25, 0.3) is 0 Å². The second-order valence-electron chi connectivity index (χ2n) is 7.31. The number of likely N-dealkylation sites (tertiary alicyclic amines) is 1. The Morgan fingerprint density at radius 1 is 1.07 bits per heavy atom. The molecule has 1 aliphatic heterocycles. The van der Waals surface area contributed by atoms with Crippen LogP contribution in [0.15, 0.2) is 42.5 Å². The van der Waals surface area contributed by atoms with Crippen LogP contribution in [-0.2, 0) is 11.3 Å². The molecule has 0 saturated carbocycles. The lowest BCUT2D eigenvalue weighted by Gasteiger charge is -2.31. The summed E-state index contributed by atoms with van der Waals surface area (Å²) in [6.07, 6.45) is 1.68. The SMILES string of the molecule is Cc1ccccc1CN1CCC(C(=O)Nc2cccc(C(N)=O)c2C)CC1. The molecule has 3 N–H and O–H groups in total. The van der Waals surface area contributed by atoms with Crippen LogP contribution in [0.5, 0.6) is 0 Å². The molecule has 3 rings (SSSR count). The minimum Gasteiger partial charge on any atom is -0.366 e. The average molecular weight is 365 g/mol. The number of primary amides is 1. The van der Waals surface area contributed by atoms with Gasteiger partial charge in [-0.2, -0.15) is 0 Å². The fourth-order valence-corrected chi connectivity index (χ4v) is 3.65. The van der Waals surface area contributed by atoms with Crippen LogP contribution < -0.4 is 11.1 Å². The molecule has 27 heavy (non-hydrogen) atoms. The molecule has 5 heteroatoms. The van der Waals surface area contributed by atoms with E-state index in [9.17, 15) is 9.59 Å². The van der Waals surface area contributed by atoms with Gasteiger partial charge < -0.3 is 11.1 Å². The Bertz CT molecular complexity index is 839. The van der Waals surface area contributed by atoms with Crippen molar-refractivity contribution in [1.29, 1.82) is 0 Å². The second-order valence-corrected chi connectivity index (χ2v) is 7.31. The molecule has 1 fully saturated rings. The van der Waals surface area contributed by atoms with Gasteiger partial charge in [-0.15, -0.1) is 0 Å². The van der Waals surface area contributed by atoms with E-state index in [2.05, 4.69) is 41.4 Å². The molecule has 2 aromatic carbocycles. The summed E-state index contributed by atoms with van der Waals surface area (Å²) in [5.74, 6) is -0.460. The monoisotopic (exact) mass is 365 g/mol. The maximum atomic E-state index is 12.7. The molecular weight excluding hydrogens is 338 g/mol. The summed E-state index contributed by atoms with van der Waals surface area (Å²) in [4.78, 5) is 26.6. The second kappa shape index (κ2) is 8.35. The van der Waals surface area contributed by atoms with E-state index in [4.69, 9.17) is 5.73 Å². The van der Waals surface area contributed by atoms with E-state index in [0.717, 1.165) is 38.0 Å². The Morgan fingerprint density at radius 3 is 2.44 bits per heavy atom. The number of amides is 2. The van der Waals surface area contributed by atoms with Gasteiger partial charge in [0, 0.05) is 23.7 Å². The number of hydrogen-bond acceptors (Lipinski definition) is 3. The quantitative estimate of drug-likeness (QED) is 0.854. The number of piperidine rings is 1. The van der Waals surface area contributed by atoms with Crippen LogP contribution in [-0.4, -0.2) is 29.8 Å². The van der Waals surface area contributed by atoms with E-state index in [1.807, 2.05) is 6.07 Å². The third-order valence-electron chi connectivity index (χ3n) is 5.47. The molecule has 5 nitrogen and oxygen atoms in total. The highest BCUT2D eigenvalue weighted by molar-refractivity contribution is 5.99. The maximum Gasteiger partial charge on any atom is 0.249 e. The Hall–Kier alpha value is -2.66. The molecular formula is C22H27N3O2. The zero-order valence-corrected chi connectivity index (χ0v) is 16.0. The van der Waals surface area contributed by atoms with Crippen LogP contribution in [0.4, 0.5) is 5.69 Å². The zero-order valence-electron chi connectivity index (χ0n) is 16.0. The van der Waals surface area contributed by atoms with E-state index in [0.29, 0.717) is 11.3 Å². The Balaban J connectivity index is 1.57. The summed E-state index contributed by atoms with van der Waals surface area (Å²) < 4.78 is 0. The van der Waals surface area contributed by atoms with Crippen molar-refractivity contribution in [2.24, 2.45) is 11.7 Å². The highest BCUT2D eigenvalue weighted by Gasteiger charge is 2.25. The van der Waals surface area contributed by atoms with Gasteiger partial charge in [0.1, 0.15) is 0 Å². The summed E-state index contributed by atoms with van der Waals surface area (Å²) in [7, 11) is 0. The summed E-state index contributed by atoms with van der Waals surface area (Å²) in [5.41, 5.74) is 9.87. The number of nitrogens with zero attached hydrogens (tertiary/aromatic N) is 1. The fraction of sp³-hybridized carbons (Fsp3) is 0.364. The molecule has 0 spiro atoms. The van der Waals surface area contributed by atoms with Crippen molar-refractivity contribution in [3.05, 3.63) is 64.7 Å². The number of hydrogen-bond donors (Lipinski definition) is 2. The maximum absolute atomic E-state index is 12.7. The first kappa shape index (κ1) is 19.1. The van der Waals surface area contributed by atoms with Crippen molar-refractivity contribution < 1.29 is 9.59 Å². The Kier molecular flexibility index (Phi) is 5.91. The first-order chi connectivity index (χ1) is 13.0. The van der Waals surface area contributed by atoms with Crippen molar-refractivity contribution in [1.82, 2.24) is 4.90 Å². The first-order valence-electron chi connectivity index (χ1n) is 9.43. The average Bonchev–Trinajstić information content (AvgIpc) is 2.65. The van der Waals surface area contributed by atoms with Crippen molar-refractivity contribution in [3.8, 4) is 0 Å². The van der Waals surface area contributed by atoms with Crippen molar-refractivity contribution in [2.45, 2.75) is 33.2 Å². The van der Waals surface area contributed by atoms with E-state index in [1.165, 1.54) is 11.1 Å². The van der Waals surface area contributed by atoms with Crippen LogP contribution in [0.25, 0.3) is 0 Å². The summed E-state index contributed by atoms with van der Waals surface area (Å²) in [5, 5.41) is 2.98. The van der Waals surface area contributed by atoms with Gasteiger partial charge in [-0.1, -0.05) is 30.3 Å². The van der Waals surface area contributed by atoms with Gasteiger partial charge in [0.05, 0.1) is 0 Å². The molecule has 0 aliphatic carbocycles. The van der Waals surface area contributed by atoms with Gasteiger partial charge in [-0.05, 0) is 68.6 Å². The number of benzene rings is 2. The molecule has 2 aromatic rings. The van der Waals surface area contributed by atoms with Crippen LogP contribution in [0.2, 0.25) is 0 Å². The van der Waals surface area contributed by atoms with Gasteiger partial charge >= 0.3 is 0 Å². The smallest absolute Gasteiger partial charge is 0.249 e. The highest BCUT2D eigenvalue weighted by Crippen LogP contribution is 2.24. The molecule has 2 amide bonds. The first-order valence-corrected chi connectivity index (χ1v) is 9.43. The third kappa shape index (κ3) is 4.55. The van der Waals surface area contributed by atoms with E-state index >= 15 is 0 Å². The number of nitrogens with two attached hydrogens (primary N) is 1. The Labute approximate surface area is 160 Å². The van der Waals surface area contributed by atoms with Crippen molar-refractivity contribution in [2.75, 3.05) is 18.4 Å². The van der Waals surface area contributed by atoms with E-state index < -0.39 is 5.91 Å². The zero-order chi connectivity index (χ0) is 19.4. The number of carbonyl (C=O) groups excluding carboxylic acids is 2. The third-order valence-corrected chi connectivity index (χ3v) is 5.47. The number of nitrogens with one attached hydrogen (secondary N) is 1. The minimum atomic E-state index is -0.479. The molecule has 1 aliphatic rings. The highest BCUT2D eigenvalue weighted by atomic mass is 16.2. The minimum absolute atomic E-state index is 0.00486. The Morgan fingerprint density at radius 2 is 1.78 bits per heavy atom. The summed E-state index contributed by atoms with van der Waals surface area (Å²) >= 11 is 0. The summed E-state index contributed by atoms with van der Waals surface area (Å²) in [6, 6.07) is 13.7. The van der Waals surface area contributed by atoms with E-state index in [1.54, 1.807) is 19.1 Å². The number of aryl methyl sites for hydroxylation is 1. The van der Waals surface area contributed by atoms with Crippen molar-refractivity contribution in [3.63, 3.8) is 0 Å². The van der Waals surface area contributed by atoms with Gasteiger partial charge in [0.2, 0.25) is 11.8 Å². The van der Waals surface area contributed by atoms with Crippen LogP contribution >= 0.6 is 0 Å². The lowest BCUT2D eigenvalue weighted by molar-refractivity contribution is -0.121. The van der Waals surface area contributed by atoms with Crippen molar-refractivity contribution >= 4 is 17.5 Å². The number of rotatable bonds is 5. The van der Waals surface area contributed by atoms with E-state index in [-0.39, 0.29) is 11.8 Å². The lowest BCUT2D eigenvalue weighted by atomic mass is 9.95. The molecule has 0 bridgehead atoms. The predicted molar refractivity (Wildman–Crippen MR) is 108 cm³/mol. The largest absolute Gasteiger partial charge is 0.366 e. The normalized spacial score (nSPS) is 15.5. The lowest BCUT2D eigenvalue weighted by Crippen LogP contribution is -2.38. The molecule has 1 heterocycles. The molecule has 142 valence electrons. The predicted octanol–water partition coefficient (Wildman–Crippen LogP) is 3.25. The standard InChI is InChI=1S/C22H27N3O2/c1-15-6-3-4-7-18(15)14-25-12-10-17(11-13-25)22(27)24-20-9-5-8-19(16(20)2)21(23)26/h3-9,17H,10-14H2,1-2H3,(H2,23,26)(H,24,27). The molecule has 0 aromatic heterocycles. The molecule has 0 atom stereocenters. The van der Waals surface area contributed by atoms with Gasteiger partial charge in [-0.25, -0.2) is 0 Å². The number of anilines is 1. The summed E-state index contributed by atoms with van der Waals surface area (Å²) in [6.45, 7) is 6.69. The number of carbonyl (C=O) groups is 2. The van der Waals surface area contributed by atoms with Crippen LogP contribution in [0.1, 0.15) is 39.9 Å². The molecule has 0 radical (unpaired) electrons. The fourth-order valence-electron chi connectivity index (χ4n) is 3.65. The van der Waals surface area contributed by atoms with Crippen LogP contribution in [0, 0.1) is 19.8 Å². The topological polar surface area (TPSA) is 75.4 Å².